The lowest BCUT2D eigenvalue weighted by Crippen LogP contribution is -2.32. The van der Waals surface area contributed by atoms with Crippen molar-refractivity contribution >= 4 is 11.8 Å². The highest BCUT2D eigenvalue weighted by Crippen LogP contribution is 2.15. The van der Waals surface area contributed by atoms with E-state index in [1.165, 1.54) is 5.01 Å². The van der Waals surface area contributed by atoms with Crippen LogP contribution in [0.5, 0.6) is 0 Å². The maximum atomic E-state index is 11.0. The van der Waals surface area contributed by atoms with E-state index in [4.69, 9.17) is 4.74 Å². The van der Waals surface area contributed by atoms with Crippen molar-refractivity contribution in [2.45, 2.75) is 13.8 Å². The van der Waals surface area contributed by atoms with Crippen LogP contribution in [0.15, 0.2) is 29.6 Å². The van der Waals surface area contributed by atoms with E-state index in [1.54, 1.807) is 13.0 Å². The van der Waals surface area contributed by atoms with Crippen molar-refractivity contribution in [3.63, 3.8) is 0 Å². The molecule has 1 aromatic carbocycles. The number of nitrogens with one attached hydrogen (secondary N) is 1. The smallest absolute Gasteiger partial charge is 0.407 e. The molecule has 1 rings (SSSR count). The van der Waals surface area contributed by atoms with E-state index in [0.29, 0.717) is 25.4 Å². The van der Waals surface area contributed by atoms with Gasteiger partial charge < -0.3 is 10.1 Å². The van der Waals surface area contributed by atoms with Gasteiger partial charge in [-0.3, -0.25) is 0 Å². The average molecular weight is 251 g/mol. The molecule has 0 spiro atoms. The van der Waals surface area contributed by atoms with Crippen LogP contribution in [-0.2, 0) is 4.74 Å². The largest absolute Gasteiger partial charge is 0.450 e. The van der Waals surface area contributed by atoms with Crippen molar-refractivity contribution in [3.05, 3.63) is 34.7 Å². The Morgan fingerprint density at radius 2 is 2.28 bits per heavy atom. The fraction of sp³-hybridized carbons (Fsp3) is 0.417. The Kier molecular flexibility index (Phi) is 5.63. The lowest BCUT2D eigenvalue weighted by Gasteiger charge is -2.15. The highest BCUT2D eigenvalue weighted by Gasteiger charge is 2.07. The number of hydrogen-bond donors (Lipinski definition) is 1. The van der Waals surface area contributed by atoms with Crippen molar-refractivity contribution in [3.8, 4) is 0 Å². The number of carbonyl (C=O) groups excluding carboxylic acids is 1. The minimum atomic E-state index is -0.493. The Bertz CT molecular complexity index is 409. The van der Waals surface area contributed by atoms with Crippen LogP contribution in [0, 0.1) is 11.8 Å². The Morgan fingerprint density at radius 1 is 1.50 bits per heavy atom. The summed E-state index contributed by atoms with van der Waals surface area (Å²) < 4.78 is 4.70. The van der Waals surface area contributed by atoms with E-state index in [1.807, 2.05) is 25.1 Å². The normalized spacial score (nSPS) is 9.67. The number of anilines is 1. The molecular weight excluding hydrogens is 234 g/mol. The molecule has 0 atom stereocenters. The summed E-state index contributed by atoms with van der Waals surface area (Å²) in [6.07, 6.45) is -0.493. The van der Waals surface area contributed by atoms with Gasteiger partial charge in [0, 0.05) is 6.54 Å². The van der Waals surface area contributed by atoms with Crippen molar-refractivity contribution in [1.29, 1.82) is 0 Å². The molecule has 0 saturated carbocycles. The first-order chi connectivity index (χ1) is 8.67. The fourth-order valence-corrected chi connectivity index (χ4v) is 1.45. The standard InChI is InChI=1S/C12H17N3O3/c1-3-18-12(16)13-7-8-15(14-17)11-6-4-5-10(2)9-11/h4-6,9H,3,7-8H2,1-2H3,(H,13,16). The van der Waals surface area contributed by atoms with Crippen LogP contribution in [-0.4, -0.2) is 25.8 Å². The van der Waals surface area contributed by atoms with Crippen LogP contribution >= 0.6 is 0 Å². The zero-order valence-corrected chi connectivity index (χ0v) is 10.5. The maximum Gasteiger partial charge on any atom is 0.407 e. The highest BCUT2D eigenvalue weighted by atomic mass is 16.5. The van der Waals surface area contributed by atoms with Gasteiger partial charge in [0.15, 0.2) is 0 Å². The summed E-state index contributed by atoms with van der Waals surface area (Å²) in [6.45, 7) is 4.57. The molecule has 0 fully saturated rings. The molecule has 1 N–H and O–H groups in total. The van der Waals surface area contributed by atoms with Gasteiger partial charge in [-0.15, -0.1) is 4.91 Å². The number of rotatable bonds is 6. The average Bonchev–Trinajstić information content (AvgIpc) is 2.35. The SMILES string of the molecule is CCOC(=O)NCCN(N=O)c1cccc(C)c1. The maximum absolute atomic E-state index is 11.0. The number of alkyl carbamates (subject to hydrolysis) is 1. The molecule has 1 aromatic rings. The lowest BCUT2D eigenvalue weighted by molar-refractivity contribution is 0.152. The minimum Gasteiger partial charge on any atom is -0.450 e. The third-order valence-corrected chi connectivity index (χ3v) is 2.27. The van der Waals surface area contributed by atoms with Gasteiger partial charge in [-0.25, -0.2) is 9.80 Å². The third kappa shape index (κ3) is 4.40. The van der Waals surface area contributed by atoms with E-state index in [2.05, 4.69) is 10.6 Å². The first-order valence-corrected chi connectivity index (χ1v) is 5.75. The van der Waals surface area contributed by atoms with Crippen LogP contribution in [0.4, 0.5) is 10.5 Å². The summed E-state index contributed by atoms with van der Waals surface area (Å²) in [5.41, 5.74) is 1.75. The predicted molar refractivity (Wildman–Crippen MR) is 69.3 cm³/mol. The van der Waals surface area contributed by atoms with Gasteiger partial charge in [-0.1, -0.05) is 12.1 Å². The molecule has 0 aliphatic rings. The molecule has 6 nitrogen and oxygen atoms in total. The summed E-state index contributed by atoms with van der Waals surface area (Å²) in [4.78, 5) is 21.8. The molecule has 0 bridgehead atoms. The number of hydrogen-bond acceptors (Lipinski definition) is 4. The Balaban J connectivity index is 2.48. The van der Waals surface area contributed by atoms with E-state index in [9.17, 15) is 9.70 Å². The topological polar surface area (TPSA) is 71.0 Å². The van der Waals surface area contributed by atoms with Crippen molar-refractivity contribution in [2.24, 2.45) is 5.29 Å². The van der Waals surface area contributed by atoms with Gasteiger partial charge in [-0.05, 0) is 31.5 Å². The first-order valence-electron chi connectivity index (χ1n) is 5.75. The van der Waals surface area contributed by atoms with Crippen molar-refractivity contribution in [1.82, 2.24) is 5.32 Å². The van der Waals surface area contributed by atoms with E-state index < -0.39 is 6.09 Å². The van der Waals surface area contributed by atoms with E-state index in [0.717, 1.165) is 5.56 Å². The number of nitroso groups, excluding NO2 is 1. The van der Waals surface area contributed by atoms with Crippen LogP contribution in [0.2, 0.25) is 0 Å². The van der Waals surface area contributed by atoms with Gasteiger partial charge >= 0.3 is 6.09 Å². The number of carbonyl (C=O) groups is 1. The Labute approximate surface area is 106 Å². The predicted octanol–water partition coefficient (Wildman–Crippen LogP) is 2.23. The number of nitrogens with zero attached hydrogens (tertiary/aromatic N) is 2. The van der Waals surface area contributed by atoms with Crippen LogP contribution in [0.25, 0.3) is 0 Å². The fourth-order valence-electron chi connectivity index (χ4n) is 1.45. The summed E-state index contributed by atoms with van der Waals surface area (Å²) in [6, 6.07) is 7.43. The molecule has 0 aliphatic heterocycles. The second-order valence-corrected chi connectivity index (χ2v) is 3.69. The first kappa shape index (κ1) is 14.0. The quantitative estimate of drug-likeness (QED) is 0.621. The summed E-state index contributed by atoms with van der Waals surface area (Å²) in [5, 5.41) is 6.76. The van der Waals surface area contributed by atoms with Gasteiger partial charge in [0.05, 0.1) is 24.1 Å². The van der Waals surface area contributed by atoms with Crippen LogP contribution in [0.3, 0.4) is 0 Å². The van der Waals surface area contributed by atoms with Crippen molar-refractivity contribution < 1.29 is 9.53 Å². The van der Waals surface area contributed by atoms with Crippen LogP contribution in [0.1, 0.15) is 12.5 Å². The molecule has 0 aromatic heterocycles. The lowest BCUT2D eigenvalue weighted by atomic mass is 10.2. The Morgan fingerprint density at radius 3 is 2.89 bits per heavy atom. The van der Waals surface area contributed by atoms with Gasteiger partial charge in [0.1, 0.15) is 0 Å². The monoisotopic (exact) mass is 251 g/mol. The van der Waals surface area contributed by atoms with Gasteiger partial charge in [0.25, 0.3) is 0 Å². The molecule has 0 saturated heterocycles. The molecule has 0 heterocycles. The molecule has 98 valence electrons. The van der Waals surface area contributed by atoms with Gasteiger partial charge in [-0.2, -0.15) is 0 Å². The zero-order valence-electron chi connectivity index (χ0n) is 10.5. The van der Waals surface area contributed by atoms with Gasteiger partial charge in [0.2, 0.25) is 0 Å². The molecule has 0 aliphatic carbocycles. The highest BCUT2D eigenvalue weighted by molar-refractivity contribution is 5.67. The second-order valence-electron chi connectivity index (χ2n) is 3.69. The third-order valence-electron chi connectivity index (χ3n) is 2.27. The Hall–Kier alpha value is -2.11. The molecule has 6 heteroatoms. The van der Waals surface area contributed by atoms with E-state index >= 15 is 0 Å². The number of aryl methyl sites for hydroxylation is 1. The second kappa shape index (κ2) is 7.26. The summed E-state index contributed by atoms with van der Waals surface area (Å²) in [5.74, 6) is 0. The molecule has 18 heavy (non-hydrogen) atoms. The van der Waals surface area contributed by atoms with Crippen LogP contribution < -0.4 is 10.3 Å². The molecule has 0 unspecified atom stereocenters. The number of benzene rings is 1. The number of ether oxygens (including phenoxy) is 1. The molecule has 1 amide bonds. The molecule has 0 radical (unpaired) electrons. The summed E-state index contributed by atoms with van der Waals surface area (Å²) >= 11 is 0. The van der Waals surface area contributed by atoms with E-state index in [-0.39, 0.29) is 0 Å². The van der Waals surface area contributed by atoms with Crippen molar-refractivity contribution in [2.75, 3.05) is 24.7 Å². The summed E-state index contributed by atoms with van der Waals surface area (Å²) in [7, 11) is 0. The zero-order chi connectivity index (χ0) is 13.4. The number of amides is 1. The molecular formula is C12H17N3O3. The minimum absolute atomic E-state index is 0.290.